The van der Waals surface area contributed by atoms with Gasteiger partial charge in [0.05, 0.1) is 11.0 Å². The Bertz CT molecular complexity index is 1310. The van der Waals surface area contributed by atoms with Crippen LogP contribution in [0.15, 0.2) is 76.3 Å². The van der Waals surface area contributed by atoms with E-state index in [1.165, 1.54) is 24.0 Å². The first-order valence-electron chi connectivity index (χ1n) is 15.2. The van der Waals surface area contributed by atoms with E-state index in [0.717, 1.165) is 24.8 Å². The van der Waals surface area contributed by atoms with Gasteiger partial charge in [-0.2, -0.15) is 8.42 Å². The summed E-state index contributed by atoms with van der Waals surface area (Å²) in [6.45, 7) is 16.3. The number of hydrogen-bond donors (Lipinski definition) is 0. The van der Waals surface area contributed by atoms with Gasteiger partial charge in [-0.15, -0.1) is 0 Å². The van der Waals surface area contributed by atoms with Gasteiger partial charge in [0.1, 0.15) is 0 Å². The van der Waals surface area contributed by atoms with Crippen LogP contribution in [0.1, 0.15) is 85.6 Å². The number of benzene rings is 1. The van der Waals surface area contributed by atoms with Crippen molar-refractivity contribution in [3.8, 4) is 0 Å². The Hall–Kier alpha value is -1.91. The van der Waals surface area contributed by atoms with Crippen LogP contribution in [0.4, 0.5) is 0 Å². The zero-order chi connectivity index (χ0) is 28.2. The smallest absolute Gasteiger partial charge is 0.263 e. The molecule has 0 spiro atoms. The maximum absolute atomic E-state index is 13.0. The summed E-state index contributed by atoms with van der Waals surface area (Å²) in [7, 11) is -3.77. The maximum atomic E-state index is 13.0. The van der Waals surface area contributed by atoms with Crippen molar-refractivity contribution < 1.29 is 12.6 Å². The third-order valence-electron chi connectivity index (χ3n) is 11.0. The van der Waals surface area contributed by atoms with Crippen LogP contribution >= 0.6 is 0 Å². The van der Waals surface area contributed by atoms with Crippen LogP contribution in [0.3, 0.4) is 0 Å². The predicted molar refractivity (Wildman–Crippen MR) is 161 cm³/mol. The molecule has 0 heterocycles. The average molecular weight is 549 g/mol. The van der Waals surface area contributed by atoms with Crippen molar-refractivity contribution >= 4 is 10.1 Å². The van der Waals surface area contributed by atoms with E-state index in [1.807, 2.05) is 19.1 Å². The van der Waals surface area contributed by atoms with Crippen molar-refractivity contribution in [2.45, 2.75) is 98.0 Å². The van der Waals surface area contributed by atoms with Crippen molar-refractivity contribution in [1.82, 2.24) is 0 Å². The van der Waals surface area contributed by atoms with Crippen molar-refractivity contribution in [1.29, 1.82) is 0 Å². The molecule has 1 aromatic rings. The van der Waals surface area contributed by atoms with E-state index < -0.39 is 10.1 Å². The van der Waals surface area contributed by atoms with Gasteiger partial charge in [-0.05, 0) is 104 Å². The highest BCUT2D eigenvalue weighted by Crippen LogP contribution is 2.64. The minimum atomic E-state index is -3.77. The monoisotopic (exact) mass is 548 g/mol. The maximum Gasteiger partial charge on any atom is 0.297 e. The number of allylic oxidation sites excluding steroid dienone is 7. The summed E-state index contributed by atoms with van der Waals surface area (Å²) in [6.07, 6.45) is 17.9. The van der Waals surface area contributed by atoms with Crippen LogP contribution in [-0.2, 0) is 14.3 Å². The minimum absolute atomic E-state index is 0.0187. The molecule has 2 fully saturated rings. The first-order valence-corrected chi connectivity index (χ1v) is 16.6. The number of fused-ring (bicyclic) bond motifs is 5. The Kier molecular flexibility index (Phi) is 7.70. The van der Waals surface area contributed by atoms with Gasteiger partial charge in [0.2, 0.25) is 0 Å². The van der Waals surface area contributed by atoms with Gasteiger partial charge in [-0.25, -0.2) is 0 Å². The lowest BCUT2D eigenvalue weighted by Gasteiger charge is -2.50. The van der Waals surface area contributed by atoms with Crippen LogP contribution in [0.25, 0.3) is 0 Å². The molecule has 0 bridgehead atoms. The van der Waals surface area contributed by atoms with Gasteiger partial charge >= 0.3 is 0 Å². The Morgan fingerprint density at radius 2 is 1.69 bits per heavy atom. The molecule has 0 saturated heterocycles. The van der Waals surface area contributed by atoms with E-state index in [9.17, 15) is 8.42 Å². The van der Waals surface area contributed by atoms with Gasteiger partial charge in [0, 0.05) is 5.41 Å². The Labute approximate surface area is 237 Å². The molecule has 4 aliphatic carbocycles. The fourth-order valence-corrected chi connectivity index (χ4v) is 9.07. The second-order valence-electron chi connectivity index (χ2n) is 13.8. The van der Waals surface area contributed by atoms with Gasteiger partial charge in [-0.3, -0.25) is 4.18 Å². The zero-order valence-corrected chi connectivity index (χ0v) is 25.9. The SMILES string of the molecule is Cc1ccc(S(=O)(=O)OC2CCC3(C)C(=CC=C4C3=CCC3(C)C4CCC3C(C)/C=C/C(C)C(C)C)C2)cc1. The third kappa shape index (κ3) is 5.17. The normalized spacial score (nSPS) is 34.1. The molecule has 4 heteroatoms. The van der Waals surface area contributed by atoms with Gasteiger partial charge in [0.15, 0.2) is 0 Å². The summed E-state index contributed by atoms with van der Waals surface area (Å²) in [6, 6.07) is 6.94. The van der Waals surface area contributed by atoms with Crippen molar-refractivity contribution in [3.05, 3.63) is 76.9 Å². The second kappa shape index (κ2) is 10.5. The molecule has 0 aliphatic heterocycles. The van der Waals surface area contributed by atoms with Crippen LogP contribution in [0, 0.1) is 47.3 Å². The van der Waals surface area contributed by atoms with E-state index in [-0.39, 0.29) is 16.4 Å². The molecule has 3 nitrogen and oxygen atoms in total. The molecule has 212 valence electrons. The molecule has 0 amide bonds. The van der Waals surface area contributed by atoms with E-state index in [1.54, 1.807) is 17.7 Å². The van der Waals surface area contributed by atoms with Gasteiger partial charge < -0.3 is 0 Å². The summed E-state index contributed by atoms with van der Waals surface area (Å²) in [4.78, 5) is 0.244. The minimum Gasteiger partial charge on any atom is -0.263 e. The van der Waals surface area contributed by atoms with Crippen LogP contribution in [0.5, 0.6) is 0 Å². The molecule has 2 saturated carbocycles. The van der Waals surface area contributed by atoms with Crippen molar-refractivity contribution in [2.75, 3.05) is 0 Å². The molecule has 5 rings (SSSR count). The molecule has 1 aromatic carbocycles. The third-order valence-corrected chi connectivity index (χ3v) is 12.4. The lowest BCUT2D eigenvalue weighted by Crippen LogP contribution is -2.41. The molecule has 7 atom stereocenters. The Morgan fingerprint density at radius 1 is 0.974 bits per heavy atom. The van der Waals surface area contributed by atoms with Gasteiger partial charge in [0.25, 0.3) is 10.1 Å². The molecule has 7 unspecified atom stereocenters. The number of rotatable bonds is 7. The molecule has 4 aliphatic rings. The number of hydrogen-bond acceptors (Lipinski definition) is 3. The topological polar surface area (TPSA) is 43.4 Å². The quantitative estimate of drug-likeness (QED) is 0.252. The lowest BCUT2D eigenvalue weighted by atomic mass is 9.54. The highest BCUT2D eigenvalue weighted by molar-refractivity contribution is 7.86. The van der Waals surface area contributed by atoms with E-state index in [0.29, 0.717) is 41.4 Å². The van der Waals surface area contributed by atoms with Crippen LogP contribution < -0.4 is 0 Å². The first-order chi connectivity index (χ1) is 18.3. The Balaban J connectivity index is 1.34. The van der Waals surface area contributed by atoms with Crippen molar-refractivity contribution in [2.24, 2.45) is 40.4 Å². The van der Waals surface area contributed by atoms with E-state index in [2.05, 4.69) is 71.9 Å². The zero-order valence-electron chi connectivity index (χ0n) is 25.0. The van der Waals surface area contributed by atoms with Crippen molar-refractivity contribution in [3.63, 3.8) is 0 Å². The van der Waals surface area contributed by atoms with E-state index >= 15 is 0 Å². The lowest BCUT2D eigenvalue weighted by molar-refractivity contribution is 0.130. The molecule has 0 N–H and O–H groups in total. The predicted octanol–water partition coefficient (Wildman–Crippen LogP) is 8.97. The number of aryl methyl sites for hydroxylation is 1. The first kappa shape index (κ1) is 28.6. The summed E-state index contributed by atoms with van der Waals surface area (Å²) in [5.41, 5.74) is 5.70. The van der Waals surface area contributed by atoms with Gasteiger partial charge in [-0.1, -0.05) is 95.2 Å². The average Bonchev–Trinajstić information content (AvgIpc) is 3.24. The molecular weight excluding hydrogens is 500 g/mol. The standard InChI is InChI=1S/C35H48O3S/c1-23(2)25(4)10-11-26(5)31-16-17-32-30-15-12-27-22-28(38-39(36,37)29-13-8-24(3)9-14-29)18-20-34(27,6)33(30)19-21-35(31,32)7/h8-15,19,23,25-26,28,31-32H,16-18,20-22H2,1-7H3/b11-10+. The summed E-state index contributed by atoms with van der Waals surface area (Å²) < 4.78 is 31.7. The highest BCUT2D eigenvalue weighted by atomic mass is 32.2. The molecular formula is C35H48O3S. The Morgan fingerprint density at radius 3 is 2.38 bits per heavy atom. The fourth-order valence-electron chi connectivity index (χ4n) is 7.97. The fraction of sp³-hybridized carbons (Fsp3) is 0.600. The van der Waals surface area contributed by atoms with Crippen LogP contribution in [0.2, 0.25) is 0 Å². The second-order valence-corrected chi connectivity index (χ2v) is 15.4. The summed E-state index contributed by atoms with van der Waals surface area (Å²) in [5.74, 6) is 3.19. The largest absolute Gasteiger partial charge is 0.297 e. The molecule has 39 heavy (non-hydrogen) atoms. The highest BCUT2D eigenvalue weighted by Gasteiger charge is 2.54. The summed E-state index contributed by atoms with van der Waals surface area (Å²) >= 11 is 0. The van der Waals surface area contributed by atoms with E-state index in [4.69, 9.17) is 4.18 Å². The van der Waals surface area contributed by atoms with Crippen LogP contribution in [-0.4, -0.2) is 14.5 Å². The summed E-state index contributed by atoms with van der Waals surface area (Å²) in [5, 5.41) is 0. The molecule has 0 aromatic heterocycles. The molecule has 0 radical (unpaired) electrons.